The van der Waals surface area contributed by atoms with E-state index >= 15 is 0 Å². The molecule has 4 rings (SSSR count). The van der Waals surface area contributed by atoms with Gasteiger partial charge < -0.3 is 19.3 Å². The van der Waals surface area contributed by atoms with Gasteiger partial charge in [0, 0.05) is 37.4 Å². The van der Waals surface area contributed by atoms with E-state index < -0.39 is 5.97 Å². The van der Waals surface area contributed by atoms with Crippen LogP contribution in [-0.4, -0.2) is 65.9 Å². The van der Waals surface area contributed by atoms with Crippen molar-refractivity contribution >= 4 is 50.9 Å². The molecule has 1 aliphatic heterocycles. The van der Waals surface area contributed by atoms with Crippen molar-refractivity contribution in [2.45, 2.75) is 13.5 Å². The number of thiophene rings is 1. The Balaban J connectivity index is 1.54. The minimum absolute atomic E-state index is 0.236. The Bertz CT molecular complexity index is 1040. The van der Waals surface area contributed by atoms with Gasteiger partial charge in [-0.1, -0.05) is 0 Å². The quantitative estimate of drug-likeness (QED) is 0.416. The summed E-state index contributed by atoms with van der Waals surface area (Å²) in [7, 11) is 1.89. The molecule has 0 radical (unpaired) electrons. The van der Waals surface area contributed by atoms with Crippen LogP contribution in [0.15, 0.2) is 18.5 Å². The topological polar surface area (TPSA) is 93.6 Å². The third kappa shape index (κ3) is 4.45. The van der Waals surface area contributed by atoms with Crippen LogP contribution in [0.2, 0.25) is 5.28 Å². The molecule has 0 spiro atoms. The highest BCUT2D eigenvalue weighted by atomic mass is 35.5. The summed E-state index contributed by atoms with van der Waals surface area (Å²) in [5, 5.41) is 0.236. The van der Waals surface area contributed by atoms with Crippen LogP contribution in [0.1, 0.15) is 22.2 Å². The average Bonchev–Trinajstić information content (AvgIpc) is 3.16. The summed E-state index contributed by atoms with van der Waals surface area (Å²) in [6.07, 6.45) is 2.95. The van der Waals surface area contributed by atoms with Crippen molar-refractivity contribution in [2.24, 2.45) is 0 Å². The van der Waals surface area contributed by atoms with Crippen molar-refractivity contribution in [3.05, 3.63) is 34.2 Å². The number of rotatable bonds is 6. The molecule has 1 fully saturated rings. The van der Waals surface area contributed by atoms with Crippen LogP contribution in [0.5, 0.6) is 0 Å². The van der Waals surface area contributed by atoms with E-state index in [0.29, 0.717) is 37.9 Å². The molecule has 0 atom stereocenters. The van der Waals surface area contributed by atoms with E-state index in [2.05, 4.69) is 24.8 Å². The maximum Gasteiger partial charge on any atom is 0.341 e. The SMILES string of the molecule is CCOC(=O)c1cnc(N(C)Cc2cc3nc(Cl)nc(N4CCOCC4)c3s2)nc1. The molecule has 0 N–H and O–H groups in total. The zero-order valence-electron chi connectivity index (χ0n) is 16.7. The summed E-state index contributed by atoms with van der Waals surface area (Å²) in [5.41, 5.74) is 1.15. The van der Waals surface area contributed by atoms with Crippen molar-refractivity contribution in [3.63, 3.8) is 0 Å². The molecule has 3 aromatic heterocycles. The Morgan fingerprint density at radius 1 is 1.30 bits per heavy atom. The van der Waals surface area contributed by atoms with Crippen LogP contribution in [0, 0.1) is 0 Å². The molecule has 3 aromatic rings. The molecule has 9 nitrogen and oxygen atoms in total. The average molecular weight is 449 g/mol. The minimum Gasteiger partial charge on any atom is -0.462 e. The fraction of sp³-hybridized carbons (Fsp3) is 0.421. The smallest absolute Gasteiger partial charge is 0.341 e. The molecular formula is C19H21ClN6O3S. The number of anilines is 2. The first-order valence-corrected chi connectivity index (χ1v) is 10.7. The predicted molar refractivity (Wildman–Crippen MR) is 116 cm³/mol. The number of aromatic nitrogens is 4. The van der Waals surface area contributed by atoms with Crippen LogP contribution >= 0.6 is 22.9 Å². The molecule has 11 heteroatoms. The molecule has 1 saturated heterocycles. The number of hydrogen-bond acceptors (Lipinski definition) is 10. The second-order valence-electron chi connectivity index (χ2n) is 6.69. The van der Waals surface area contributed by atoms with E-state index in [1.807, 2.05) is 18.0 Å². The molecule has 1 aliphatic rings. The van der Waals surface area contributed by atoms with Crippen molar-refractivity contribution in [1.82, 2.24) is 19.9 Å². The van der Waals surface area contributed by atoms with Gasteiger partial charge in [-0.3, -0.25) is 0 Å². The molecule has 30 heavy (non-hydrogen) atoms. The number of fused-ring (bicyclic) bond motifs is 1. The summed E-state index contributed by atoms with van der Waals surface area (Å²) in [4.78, 5) is 34.3. The first kappa shape index (κ1) is 20.7. The Labute approximate surface area is 182 Å². The first-order valence-electron chi connectivity index (χ1n) is 9.54. The van der Waals surface area contributed by atoms with Gasteiger partial charge in [0.05, 0.1) is 42.1 Å². The van der Waals surface area contributed by atoms with Crippen LogP contribution in [0.25, 0.3) is 10.2 Å². The normalized spacial score (nSPS) is 14.2. The largest absolute Gasteiger partial charge is 0.462 e. The maximum atomic E-state index is 11.8. The van der Waals surface area contributed by atoms with E-state index in [-0.39, 0.29) is 5.28 Å². The van der Waals surface area contributed by atoms with E-state index in [9.17, 15) is 4.79 Å². The third-order valence-electron chi connectivity index (χ3n) is 4.57. The van der Waals surface area contributed by atoms with E-state index in [1.165, 1.54) is 12.4 Å². The first-order chi connectivity index (χ1) is 14.5. The molecule has 0 saturated carbocycles. The monoisotopic (exact) mass is 448 g/mol. The molecule has 0 aliphatic carbocycles. The van der Waals surface area contributed by atoms with Crippen molar-refractivity contribution < 1.29 is 14.3 Å². The number of carbonyl (C=O) groups is 1. The van der Waals surface area contributed by atoms with Crippen LogP contribution in [0.4, 0.5) is 11.8 Å². The van der Waals surface area contributed by atoms with E-state index in [1.54, 1.807) is 18.3 Å². The Morgan fingerprint density at radius 2 is 2.03 bits per heavy atom. The van der Waals surface area contributed by atoms with Gasteiger partial charge in [0.15, 0.2) is 5.82 Å². The fourth-order valence-electron chi connectivity index (χ4n) is 3.15. The second-order valence-corrected chi connectivity index (χ2v) is 8.17. The summed E-state index contributed by atoms with van der Waals surface area (Å²) in [6.45, 7) is 5.54. The number of carbonyl (C=O) groups excluding carboxylic acids is 1. The second kappa shape index (κ2) is 9.07. The lowest BCUT2D eigenvalue weighted by molar-refractivity contribution is 0.0525. The standard InChI is InChI=1S/C19H21ClN6O3S/c1-3-29-17(27)12-9-21-19(22-10-12)25(2)11-13-8-14-15(30-13)16(24-18(20)23-14)26-4-6-28-7-5-26/h8-10H,3-7,11H2,1-2H3. The number of ether oxygens (including phenoxy) is 2. The Hall–Kier alpha value is -2.56. The lowest BCUT2D eigenvalue weighted by Gasteiger charge is -2.28. The van der Waals surface area contributed by atoms with E-state index in [4.69, 9.17) is 21.1 Å². The zero-order chi connectivity index (χ0) is 21.1. The van der Waals surface area contributed by atoms with E-state index in [0.717, 1.165) is 34.0 Å². The highest BCUT2D eigenvalue weighted by Gasteiger charge is 2.20. The van der Waals surface area contributed by atoms with Gasteiger partial charge in [0.25, 0.3) is 0 Å². The van der Waals surface area contributed by atoms with Gasteiger partial charge in [-0.05, 0) is 24.6 Å². The van der Waals surface area contributed by atoms with Crippen LogP contribution in [-0.2, 0) is 16.0 Å². The predicted octanol–water partition coefficient (Wildman–Crippen LogP) is 2.78. The number of hydrogen-bond donors (Lipinski definition) is 0. The fourth-order valence-corrected chi connectivity index (χ4v) is 4.48. The zero-order valence-corrected chi connectivity index (χ0v) is 18.2. The number of esters is 1. The van der Waals surface area contributed by atoms with Crippen LogP contribution in [0.3, 0.4) is 0 Å². The molecule has 0 amide bonds. The van der Waals surface area contributed by atoms with Crippen molar-refractivity contribution in [1.29, 1.82) is 0 Å². The summed E-state index contributed by atoms with van der Waals surface area (Å²) < 4.78 is 11.4. The number of morpholine rings is 1. The van der Waals surface area contributed by atoms with Crippen LogP contribution < -0.4 is 9.80 Å². The highest BCUT2D eigenvalue weighted by molar-refractivity contribution is 7.19. The van der Waals surface area contributed by atoms with Gasteiger partial charge in [-0.25, -0.2) is 19.7 Å². The molecule has 4 heterocycles. The third-order valence-corrected chi connectivity index (χ3v) is 5.85. The summed E-state index contributed by atoms with van der Waals surface area (Å²) in [5.74, 6) is 0.933. The van der Waals surface area contributed by atoms with Gasteiger partial charge in [-0.15, -0.1) is 11.3 Å². The lowest BCUT2D eigenvalue weighted by atomic mass is 10.3. The van der Waals surface area contributed by atoms with Crippen molar-refractivity contribution in [2.75, 3.05) is 49.8 Å². The molecular weight excluding hydrogens is 428 g/mol. The summed E-state index contributed by atoms with van der Waals surface area (Å²) >= 11 is 7.80. The highest BCUT2D eigenvalue weighted by Crippen LogP contribution is 2.34. The van der Waals surface area contributed by atoms with Gasteiger partial charge in [0.1, 0.15) is 0 Å². The molecule has 158 valence electrons. The van der Waals surface area contributed by atoms with Crippen molar-refractivity contribution in [3.8, 4) is 0 Å². The summed E-state index contributed by atoms with van der Waals surface area (Å²) in [6, 6.07) is 2.01. The maximum absolute atomic E-state index is 11.8. The lowest BCUT2D eigenvalue weighted by Crippen LogP contribution is -2.36. The van der Waals surface area contributed by atoms with Gasteiger partial charge in [-0.2, -0.15) is 4.98 Å². The van der Waals surface area contributed by atoms with Gasteiger partial charge in [0.2, 0.25) is 11.2 Å². The molecule has 0 aromatic carbocycles. The number of halogens is 1. The number of nitrogens with zero attached hydrogens (tertiary/aromatic N) is 6. The molecule has 0 unspecified atom stereocenters. The Kier molecular flexibility index (Phi) is 6.26. The molecule has 0 bridgehead atoms. The van der Waals surface area contributed by atoms with Gasteiger partial charge >= 0.3 is 5.97 Å². The minimum atomic E-state index is -0.428. The Morgan fingerprint density at radius 3 is 2.73 bits per heavy atom.